The van der Waals surface area contributed by atoms with Gasteiger partial charge >= 0.3 is 6.03 Å². The van der Waals surface area contributed by atoms with E-state index in [1.54, 1.807) is 18.2 Å². The summed E-state index contributed by atoms with van der Waals surface area (Å²) >= 11 is 17.2. The fourth-order valence-electron chi connectivity index (χ4n) is 6.05. The van der Waals surface area contributed by atoms with Crippen molar-refractivity contribution in [1.82, 2.24) is 9.80 Å². The van der Waals surface area contributed by atoms with Gasteiger partial charge in [0.25, 0.3) is 11.8 Å². The van der Waals surface area contributed by atoms with Gasteiger partial charge in [-0.1, -0.05) is 39.7 Å². The van der Waals surface area contributed by atoms with Gasteiger partial charge in [-0.3, -0.25) is 24.1 Å². The molecule has 5 rings (SSSR count). The molecule has 2 heterocycles. The highest BCUT2D eigenvalue weighted by atomic mass is 79.9. The van der Waals surface area contributed by atoms with Crippen LogP contribution in [-0.4, -0.2) is 59.8 Å². The van der Waals surface area contributed by atoms with Crippen LogP contribution in [-0.2, 0) is 19.2 Å². The molecule has 0 bridgehead atoms. The number of urea groups is 1. The van der Waals surface area contributed by atoms with E-state index in [0.29, 0.717) is 16.0 Å². The zero-order valence-corrected chi connectivity index (χ0v) is 20.5. The minimum atomic E-state index is -1.95. The minimum absolute atomic E-state index is 0.0875. The van der Waals surface area contributed by atoms with Crippen LogP contribution in [0.15, 0.2) is 35.9 Å². The van der Waals surface area contributed by atoms with Crippen molar-refractivity contribution in [2.45, 2.75) is 28.5 Å². The maximum absolute atomic E-state index is 13.5. The molecule has 4 aliphatic rings. The second kappa shape index (κ2) is 7.53. The van der Waals surface area contributed by atoms with E-state index in [-0.39, 0.29) is 24.0 Å². The van der Waals surface area contributed by atoms with Crippen LogP contribution in [0.25, 0.3) is 0 Å². The van der Waals surface area contributed by atoms with Gasteiger partial charge in [-0.2, -0.15) is 4.90 Å². The van der Waals surface area contributed by atoms with Gasteiger partial charge in [0.15, 0.2) is 9.75 Å². The molecule has 9 nitrogen and oxygen atoms in total. The molecule has 0 spiro atoms. The Morgan fingerprint density at radius 3 is 2.47 bits per heavy atom. The van der Waals surface area contributed by atoms with Crippen molar-refractivity contribution in [3.63, 3.8) is 0 Å². The number of aromatic hydroxyl groups is 1. The molecule has 2 aliphatic carbocycles. The number of allylic oxidation sites excluding steroid dienone is 2. The lowest BCUT2D eigenvalue weighted by Gasteiger charge is -2.50. The number of nitrogens with zero attached hydrogens (tertiary/aromatic N) is 2. The van der Waals surface area contributed by atoms with Crippen molar-refractivity contribution >= 4 is 68.8 Å². The molecule has 6 atom stereocenters. The highest BCUT2D eigenvalue weighted by Crippen LogP contribution is 2.65. The second-order valence-electron chi connectivity index (χ2n) is 8.93. The van der Waals surface area contributed by atoms with Crippen molar-refractivity contribution < 1.29 is 29.1 Å². The van der Waals surface area contributed by atoms with E-state index in [4.69, 9.17) is 28.9 Å². The number of phenolic OH excluding ortho intramolecular Hbond substituents is 1. The number of fused-ring (bicyclic) bond motifs is 4. The van der Waals surface area contributed by atoms with Crippen LogP contribution in [0.3, 0.4) is 0 Å². The fraction of sp³-hybridized carbons (Fsp3) is 0.409. The highest BCUT2D eigenvalue weighted by molar-refractivity contribution is 9.09. The fourth-order valence-corrected chi connectivity index (χ4v) is 7.47. The molecule has 1 aromatic carbocycles. The number of carbonyl (C=O) groups is 5. The standard InChI is InChI=1S/C22H18BrCl2N3O6/c23-8-27-18(32)21(24)7-13-11(4-5-12-14(13)17(31)28(16(12)30)20(26)34)15(22(21,25)19(27)33)9-2-1-3-10(29)6-9/h1-4,6,12-15,29H,5,7-8H2,(H2,26,34)/t12-,13+,14-,15-,21+,22-/m0/s1. The monoisotopic (exact) mass is 569 g/mol. The van der Waals surface area contributed by atoms with Crippen LogP contribution in [0.2, 0.25) is 0 Å². The average Bonchev–Trinajstić information content (AvgIpc) is 3.12. The summed E-state index contributed by atoms with van der Waals surface area (Å²) in [6, 6.07) is 4.91. The van der Waals surface area contributed by atoms with Crippen LogP contribution in [0.4, 0.5) is 4.79 Å². The predicted molar refractivity (Wildman–Crippen MR) is 123 cm³/mol. The van der Waals surface area contributed by atoms with Gasteiger partial charge in [0, 0.05) is 5.92 Å². The predicted octanol–water partition coefficient (Wildman–Crippen LogP) is 2.18. The number of halogens is 3. The molecule has 1 saturated carbocycles. The number of primary amides is 1. The van der Waals surface area contributed by atoms with Crippen LogP contribution < -0.4 is 5.73 Å². The Morgan fingerprint density at radius 1 is 1.15 bits per heavy atom. The van der Waals surface area contributed by atoms with E-state index < -0.39 is 63.1 Å². The Bertz CT molecular complexity index is 1220. The van der Waals surface area contributed by atoms with Crippen LogP contribution in [0.1, 0.15) is 24.3 Å². The summed E-state index contributed by atoms with van der Waals surface area (Å²) in [6.07, 6.45) is 1.65. The number of phenols is 1. The van der Waals surface area contributed by atoms with Crippen LogP contribution in [0, 0.1) is 17.8 Å². The van der Waals surface area contributed by atoms with Gasteiger partial charge in [0.2, 0.25) is 11.8 Å². The molecule has 1 aromatic rings. The van der Waals surface area contributed by atoms with Crippen molar-refractivity contribution in [3.05, 3.63) is 41.5 Å². The summed E-state index contributed by atoms with van der Waals surface area (Å²) in [5, 5.41) is 10.1. The summed E-state index contributed by atoms with van der Waals surface area (Å²) in [5.74, 6) is -6.55. The van der Waals surface area contributed by atoms with Gasteiger partial charge in [0.05, 0.1) is 17.3 Å². The molecule has 178 valence electrons. The average molecular weight is 571 g/mol. The molecule has 0 aromatic heterocycles. The Labute approximate surface area is 211 Å². The molecule has 2 saturated heterocycles. The molecule has 12 heteroatoms. The third-order valence-corrected chi connectivity index (χ3v) is 9.35. The molecule has 3 fully saturated rings. The summed E-state index contributed by atoms with van der Waals surface area (Å²) < 4.78 is 0. The first kappa shape index (κ1) is 23.3. The minimum Gasteiger partial charge on any atom is -0.508 e. The Kier molecular flexibility index (Phi) is 5.17. The molecule has 0 unspecified atom stereocenters. The van der Waals surface area contributed by atoms with Gasteiger partial charge in [0.1, 0.15) is 5.75 Å². The number of hydrogen-bond donors (Lipinski definition) is 2. The molecule has 2 aliphatic heterocycles. The molecule has 34 heavy (non-hydrogen) atoms. The quantitative estimate of drug-likeness (QED) is 0.242. The third-order valence-electron chi connectivity index (χ3n) is 7.44. The number of alkyl halides is 3. The molecule has 6 amide bonds. The van der Waals surface area contributed by atoms with Crippen molar-refractivity contribution in [2.24, 2.45) is 23.5 Å². The van der Waals surface area contributed by atoms with Crippen molar-refractivity contribution in [3.8, 4) is 5.75 Å². The smallest absolute Gasteiger partial charge is 0.328 e. The Hall–Kier alpha value is -2.43. The van der Waals surface area contributed by atoms with E-state index in [2.05, 4.69) is 15.9 Å². The summed E-state index contributed by atoms with van der Waals surface area (Å²) in [6.45, 7) is 0. The Morgan fingerprint density at radius 2 is 1.85 bits per heavy atom. The number of benzene rings is 1. The number of amides is 6. The zero-order chi connectivity index (χ0) is 24.7. The normalized spacial score (nSPS) is 36.9. The summed E-state index contributed by atoms with van der Waals surface area (Å²) in [4.78, 5) is 62.2. The third kappa shape index (κ3) is 2.70. The Balaban J connectivity index is 1.74. The first-order valence-electron chi connectivity index (χ1n) is 10.4. The number of nitrogens with two attached hydrogens (primary N) is 1. The van der Waals surface area contributed by atoms with Gasteiger partial charge in [-0.15, -0.1) is 23.2 Å². The summed E-state index contributed by atoms with van der Waals surface area (Å²) in [5.41, 5.74) is 6.14. The number of hydrogen-bond acceptors (Lipinski definition) is 6. The van der Waals surface area contributed by atoms with Gasteiger partial charge in [-0.25, -0.2) is 4.79 Å². The lowest BCUT2D eigenvalue weighted by atomic mass is 9.56. The van der Waals surface area contributed by atoms with E-state index in [1.165, 1.54) is 12.1 Å². The van der Waals surface area contributed by atoms with E-state index in [0.717, 1.165) is 4.90 Å². The topological polar surface area (TPSA) is 138 Å². The first-order valence-corrected chi connectivity index (χ1v) is 12.3. The van der Waals surface area contributed by atoms with E-state index in [9.17, 15) is 29.1 Å². The maximum Gasteiger partial charge on any atom is 0.328 e. The number of carbonyl (C=O) groups excluding carboxylic acids is 5. The van der Waals surface area contributed by atoms with Crippen LogP contribution >= 0.6 is 39.1 Å². The molecule has 3 N–H and O–H groups in total. The molecule has 0 radical (unpaired) electrons. The van der Waals surface area contributed by atoms with E-state index >= 15 is 0 Å². The van der Waals surface area contributed by atoms with Gasteiger partial charge < -0.3 is 10.8 Å². The highest BCUT2D eigenvalue weighted by Gasteiger charge is 2.76. The van der Waals surface area contributed by atoms with Crippen molar-refractivity contribution in [1.29, 1.82) is 0 Å². The lowest BCUT2D eigenvalue weighted by molar-refractivity contribution is -0.139. The first-order chi connectivity index (χ1) is 16.0. The molecular weight excluding hydrogens is 553 g/mol. The lowest BCUT2D eigenvalue weighted by Crippen LogP contribution is -2.60. The molecular formula is C22H18BrCl2N3O6. The number of rotatable bonds is 2. The number of imide groups is 4. The van der Waals surface area contributed by atoms with Crippen LogP contribution in [0.5, 0.6) is 5.75 Å². The largest absolute Gasteiger partial charge is 0.508 e. The SMILES string of the molecule is NC(=O)N1C(=O)[C@H]2[C@H](CC=C3[C@H]2C[C@@]2(Cl)C(=O)N(CBr)C(=O)[C@@]2(Cl)[C@H]3c2cccc(O)c2)C1=O. The number of likely N-dealkylation sites (tertiary alicyclic amines) is 2. The van der Waals surface area contributed by atoms with E-state index in [1.807, 2.05) is 0 Å². The summed E-state index contributed by atoms with van der Waals surface area (Å²) in [7, 11) is 0. The maximum atomic E-state index is 13.5. The zero-order valence-electron chi connectivity index (χ0n) is 17.4. The van der Waals surface area contributed by atoms with Crippen molar-refractivity contribution in [2.75, 3.05) is 5.45 Å². The second-order valence-corrected chi connectivity index (χ2v) is 10.7. The van der Waals surface area contributed by atoms with Gasteiger partial charge in [-0.05, 0) is 36.5 Å².